The summed E-state index contributed by atoms with van der Waals surface area (Å²) >= 11 is 5.79. The van der Waals surface area contributed by atoms with Crippen LogP contribution >= 0.6 is 11.6 Å². The molecule has 15 heavy (non-hydrogen) atoms. The standard InChI is InChI=1S/C10H6ClNO3/c11-7-3-1-2-6(4-7)9-8(10(13)14)5-15-12-9/h1-5H,(H,13,14). The Kier molecular flexibility index (Phi) is 2.43. The van der Waals surface area contributed by atoms with Gasteiger partial charge in [0.05, 0.1) is 0 Å². The third-order valence-corrected chi connectivity index (χ3v) is 2.13. The van der Waals surface area contributed by atoms with Gasteiger partial charge in [-0.25, -0.2) is 4.79 Å². The van der Waals surface area contributed by atoms with Gasteiger partial charge in [0.15, 0.2) is 0 Å². The summed E-state index contributed by atoms with van der Waals surface area (Å²) < 4.78 is 4.63. The molecular formula is C10H6ClNO3. The molecule has 0 bridgehead atoms. The van der Waals surface area contributed by atoms with E-state index in [1.54, 1.807) is 24.3 Å². The summed E-state index contributed by atoms with van der Waals surface area (Å²) in [4.78, 5) is 10.8. The van der Waals surface area contributed by atoms with Gasteiger partial charge in [-0.2, -0.15) is 0 Å². The maximum atomic E-state index is 10.8. The molecule has 0 aliphatic carbocycles. The van der Waals surface area contributed by atoms with E-state index in [4.69, 9.17) is 16.7 Å². The van der Waals surface area contributed by atoms with Crippen molar-refractivity contribution in [1.82, 2.24) is 5.16 Å². The Morgan fingerprint density at radius 1 is 1.47 bits per heavy atom. The summed E-state index contributed by atoms with van der Waals surface area (Å²) in [5.41, 5.74) is 0.927. The number of aromatic nitrogens is 1. The van der Waals surface area contributed by atoms with Crippen LogP contribution in [-0.4, -0.2) is 16.2 Å². The summed E-state index contributed by atoms with van der Waals surface area (Å²) in [5.74, 6) is -1.08. The van der Waals surface area contributed by atoms with Gasteiger partial charge in [0.2, 0.25) is 0 Å². The minimum Gasteiger partial charge on any atom is -0.477 e. The lowest BCUT2D eigenvalue weighted by Gasteiger charge is -1.97. The van der Waals surface area contributed by atoms with E-state index in [1.165, 1.54) is 0 Å². The molecule has 0 saturated heterocycles. The van der Waals surface area contributed by atoms with Crippen molar-refractivity contribution in [3.63, 3.8) is 0 Å². The number of hydrogen-bond acceptors (Lipinski definition) is 3. The van der Waals surface area contributed by atoms with E-state index in [1.807, 2.05) is 0 Å². The molecule has 76 valence electrons. The predicted octanol–water partition coefficient (Wildman–Crippen LogP) is 2.69. The highest BCUT2D eigenvalue weighted by Gasteiger charge is 2.16. The van der Waals surface area contributed by atoms with Crippen LogP contribution in [0.1, 0.15) is 10.4 Å². The molecular weight excluding hydrogens is 218 g/mol. The molecule has 0 saturated carbocycles. The number of nitrogens with zero attached hydrogens (tertiary/aromatic N) is 1. The fourth-order valence-corrected chi connectivity index (χ4v) is 1.42. The number of carboxylic acids is 1. The van der Waals surface area contributed by atoms with Gasteiger partial charge in [-0.1, -0.05) is 28.9 Å². The molecule has 1 N–H and O–H groups in total. The average Bonchev–Trinajstić information content (AvgIpc) is 2.65. The second-order valence-corrected chi connectivity index (χ2v) is 3.33. The van der Waals surface area contributed by atoms with Crippen LogP contribution < -0.4 is 0 Å². The van der Waals surface area contributed by atoms with Crippen LogP contribution in [0.3, 0.4) is 0 Å². The first-order chi connectivity index (χ1) is 7.18. The number of aromatic carboxylic acids is 1. The zero-order chi connectivity index (χ0) is 10.8. The van der Waals surface area contributed by atoms with Crippen LogP contribution in [-0.2, 0) is 0 Å². The third-order valence-electron chi connectivity index (χ3n) is 1.90. The van der Waals surface area contributed by atoms with Gasteiger partial charge in [0, 0.05) is 10.6 Å². The van der Waals surface area contributed by atoms with Crippen molar-refractivity contribution in [3.8, 4) is 11.3 Å². The Morgan fingerprint density at radius 3 is 2.93 bits per heavy atom. The lowest BCUT2D eigenvalue weighted by atomic mass is 10.1. The maximum Gasteiger partial charge on any atom is 0.341 e. The first kappa shape index (κ1) is 9.73. The van der Waals surface area contributed by atoms with E-state index in [0.29, 0.717) is 10.6 Å². The minimum atomic E-state index is -1.08. The van der Waals surface area contributed by atoms with Gasteiger partial charge in [-0.3, -0.25) is 0 Å². The Morgan fingerprint density at radius 2 is 2.27 bits per heavy atom. The van der Waals surface area contributed by atoms with Crippen LogP contribution in [0.5, 0.6) is 0 Å². The molecule has 1 aromatic heterocycles. The Bertz CT molecular complexity index is 507. The van der Waals surface area contributed by atoms with Crippen LogP contribution in [0, 0.1) is 0 Å². The van der Waals surface area contributed by atoms with Crippen LogP contribution in [0.25, 0.3) is 11.3 Å². The molecule has 0 aliphatic heterocycles. The van der Waals surface area contributed by atoms with Gasteiger partial charge in [0.1, 0.15) is 17.5 Å². The van der Waals surface area contributed by atoms with Gasteiger partial charge in [-0.05, 0) is 12.1 Å². The maximum absolute atomic E-state index is 10.8. The van der Waals surface area contributed by atoms with Gasteiger partial charge >= 0.3 is 5.97 Å². The summed E-state index contributed by atoms with van der Waals surface area (Å²) in [7, 11) is 0. The Balaban J connectivity index is 2.54. The highest BCUT2D eigenvalue weighted by molar-refractivity contribution is 6.30. The van der Waals surface area contributed by atoms with Gasteiger partial charge in [-0.15, -0.1) is 0 Å². The molecule has 1 heterocycles. The van der Waals surface area contributed by atoms with Crippen LogP contribution in [0.4, 0.5) is 0 Å². The summed E-state index contributed by atoms with van der Waals surface area (Å²) in [6.07, 6.45) is 1.10. The van der Waals surface area contributed by atoms with Crippen LogP contribution in [0.15, 0.2) is 35.1 Å². The Labute approximate surface area is 90.1 Å². The van der Waals surface area contributed by atoms with E-state index in [-0.39, 0.29) is 11.3 Å². The fraction of sp³-hybridized carbons (Fsp3) is 0. The quantitative estimate of drug-likeness (QED) is 0.850. The molecule has 0 fully saturated rings. The largest absolute Gasteiger partial charge is 0.477 e. The van der Waals surface area contributed by atoms with Crippen molar-refractivity contribution in [2.75, 3.05) is 0 Å². The SMILES string of the molecule is O=C(O)c1conc1-c1cccc(Cl)c1. The number of hydrogen-bond donors (Lipinski definition) is 1. The van der Waals surface area contributed by atoms with E-state index >= 15 is 0 Å². The van der Waals surface area contributed by atoms with Crippen molar-refractivity contribution in [1.29, 1.82) is 0 Å². The third kappa shape index (κ3) is 1.85. The first-order valence-corrected chi connectivity index (χ1v) is 4.50. The normalized spacial score (nSPS) is 10.2. The number of carbonyl (C=O) groups is 1. The van der Waals surface area contributed by atoms with E-state index < -0.39 is 5.97 Å². The molecule has 0 spiro atoms. The molecule has 4 nitrogen and oxygen atoms in total. The molecule has 0 radical (unpaired) electrons. The second-order valence-electron chi connectivity index (χ2n) is 2.89. The van der Waals surface area contributed by atoms with Crippen molar-refractivity contribution in [2.45, 2.75) is 0 Å². The summed E-state index contributed by atoms with van der Waals surface area (Å²) in [6.45, 7) is 0. The number of halogens is 1. The molecule has 2 aromatic rings. The average molecular weight is 224 g/mol. The summed E-state index contributed by atoms with van der Waals surface area (Å²) in [5, 5.41) is 13.0. The first-order valence-electron chi connectivity index (χ1n) is 4.12. The number of benzene rings is 1. The highest BCUT2D eigenvalue weighted by Crippen LogP contribution is 2.24. The lowest BCUT2D eigenvalue weighted by Crippen LogP contribution is -1.96. The second kappa shape index (κ2) is 3.74. The molecule has 0 unspecified atom stereocenters. The fourth-order valence-electron chi connectivity index (χ4n) is 1.23. The topological polar surface area (TPSA) is 63.3 Å². The monoisotopic (exact) mass is 223 g/mol. The highest BCUT2D eigenvalue weighted by atomic mass is 35.5. The molecule has 0 aliphatic rings. The Hall–Kier alpha value is -1.81. The number of rotatable bonds is 2. The van der Waals surface area contributed by atoms with Gasteiger partial charge in [0.25, 0.3) is 0 Å². The van der Waals surface area contributed by atoms with Crippen molar-refractivity contribution >= 4 is 17.6 Å². The van der Waals surface area contributed by atoms with Crippen LogP contribution in [0.2, 0.25) is 5.02 Å². The molecule has 2 rings (SSSR count). The minimum absolute atomic E-state index is 0.0252. The predicted molar refractivity (Wildman–Crippen MR) is 53.9 cm³/mol. The van der Waals surface area contributed by atoms with E-state index in [2.05, 4.69) is 9.68 Å². The van der Waals surface area contributed by atoms with Crippen molar-refractivity contribution in [2.24, 2.45) is 0 Å². The van der Waals surface area contributed by atoms with Crippen molar-refractivity contribution in [3.05, 3.63) is 41.1 Å². The smallest absolute Gasteiger partial charge is 0.341 e. The summed E-state index contributed by atoms with van der Waals surface area (Å²) in [6, 6.07) is 6.77. The van der Waals surface area contributed by atoms with E-state index in [0.717, 1.165) is 6.26 Å². The zero-order valence-electron chi connectivity index (χ0n) is 7.48. The zero-order valence-corrected chi connectivity index (χ0v) is 8.23. The molecule has 5 heteroatoms. The molecule has 1 aromatic carbocycles. The lowest BCUT2D eigenvalue weighted by molar-refractivity contribution is 0.0697. The van der Waals surface area contributed by atoms with E-state index in [9.17, 15) is 4.79 Å². The molecule has 0 amide bonds. The molecule has 0 atom stereocenters. The van der Waals surface area contributed by atoms with Crippen molar-refractivity contribution < 1.29 is 14.4 Å². The number of carboxylic acid groups (broad SMARTS) is 1. The van der Waals surface area contributed by atoms with Gasteiger partial charge < -0.3 is 9.63 Å².